The van der Waals surface area contributed by atoms with Gasteiger partial charge in [0.15, 0.2) is 0 Å². The Hall–Kier alpha value is -0.130. The maximum Gasteiger partial charge on any atom is 0.222 e. The molecule has 1 N–H and O–H groups in total. The minimum atomic E-state index is 0.333. The Balaban J connectivity index is 1.71. The minimum absolute atomic E-state index is 0.333. The van der Waals surface area contributed by atoms with E-state index in [-0.39, 0.29) is 0 Å². The van der Waals surface area contributed by atoms with E-state index in [1.807, 2.05) is 4.90 Å². The molecule has 2 aliphatic rings. The van der Waals surface area contributed by atoms with E-state index in [9.17, 15) is 4.79 Å². The fourth-order valence-corrected chi connectivity index (χ4v) is 2.80. The number of nitrogens with zero attached hydrogens (tertiary/aromatic N) is 2. The van der Waals surface area contributed by atoms with Gasteiger partial charge in [-0.05, 0) is 5.92 Å². The number of nitrogens with one attached hydrogen (secondary N) is 1. The molecule has 0 bridgehead atoms. The number of carbonyl (C=O) groups is 1. The summed E-state index contributed by atoms with van der Waals surface area (Å²) in [5, 5.41) is 4.29. The van der Waals surface area contributed by atoms with E-state index >= 15 is 0 Å². The highest BCUT2D eigenvalue weighted by Crippen LogP contribution is 2.19. The highest BCUT2D eigenvalue weighted by molar-refractivity contribution is 9.09. The summed E-state index contributed by atoms with van der Waals surface area (Å²) >= 11 is 3.46. The first kappa shape index (κ1) is 12.3. The van der Waals surface area contributed by atoms with Gasteiger partial charge in [-0.3, -0.25) is 9.69 Å². The predicted molar refractivity (Wildman–Crippen MR) is 67.8 cm³/mol. The number of likely N-dealkylation sites (tertiary alicyclic amines) is 1. The molecular formula is C11H20BrN3O. The van der Waals surface area contributed by atoms with Crippen LogP contribution in [-0.2, 0) is 4.79 Å². The van der Waals surface area contributed by atoms with Crippen LogP contribution in [0.3, 0.4) is 0 Å². The van der Waals surface area contributed by atoms with E-state index in [0.29, 0.717) is 11.8 Å². The number of alkyl halides is 1. The monoisotopic (exact) mass is 289 g/mol. The molecule has 2 fully saturated rings. The van der Waals surface area contributed by atoms with Gasteiger partial charge < -0.3 is 10.2 Å². The lowest BCUT2D eigenvalue weighted by Crippen LogP contribution is -2.46. The van der Waals surface area contributed by atoms with Gasteiger partial charge in [-0.25, -0.2) is 0 Å². The van der Waals surface area contributed by atoms with Crippen molar-refractivity contribution in [1.82, 2.24) is 15.1 Å². The Morgan fingerprint density at radius 3 is 2.69 bits per heavy atom. The molecule has 2 heterocycles. The summed E-state index contributed by atoms with van der Waals surface area (Å²) in [7, 11) is 0. The Labute approximate surface area is 105 Å². The lowest BCUT2D eigenvalue weighted by atomic mass is 10.2. The topological polar surface area (TPSA) is 35.6 Å². The Kier molecular flexibility index (Phi) is 4.61. The summed E-state index contributed by atoms with van der Waals surface area (Å²) in [5.41, 5.74) is 0. The standard InChI is InChI=1S/C11H20BrN3O/c12-8-10-7-11(16)15(9-10)6-5-14-3-1-13-2-4-14/h10,13H,1-9H2. The quantitative estimate of drug-likeness (QED) is 0.748. The van der Waals surface area contributed by atoms with E-state index < -0.39 is 0 Å². The molecule has 0 aliphatic carbocycles. The SMILES string of the molecule is O=C1CC(CBr)CN1CCN1CCNCC1. The molecular weight excluding hydrogens is 270 g/mol. The number of piperazine rings is 1. The molecule has 0 spiro atoms. The fraction of sp³-hybridized carbons (Fsp3) is 0.909. The van der Waals surface area contributed by atoms with E-state index in [1.54, 1.807) is 0 Å². The molecule has 0 aromatic carbocycles. The van der Waals surface area contributed by atoms with Crippen LogP contribution in [0.25, 0.3) is 0 Å². The van der Waals surface area contributed by atoms with Gasteiger partial charge in [0.2, 0.25) is 5.91 Å². The van der Waals surface area contributed by atoms with Crippen LogP contribution >= 0.6 is 15.9 Å². The molecule has 0 aromatic rings. The number of amides is 1. The van der Waals surface area contributed by atoms with E-state index in [1.165, 1.54) is 0 Å². The van der Waals surface area contributed by atoms with Crippen molar-refractivity contribution in [2.75, 3.05) is 51.1 Å². The summed E-state index contributed by atoms with van der Waals surface area (Å²) in [6.45, 7) is 7.27. The smallest absolute Gasteiger partial charge is 0.222 e. The van der Waals surface area contributed by atoms with E-state index in [2.05, 4.69) is 26.1 Å². The van der Waals surface area contributed by atoms with Crippen LogP contribution in [0.4, 0.5) is 0 Å². The summed E-state index contributed by atoms with van der Waals surface area (Å²) < 4.78 is 0. The molecule has 1 amide bonds. The maximum absolute atomic E-state index is 11.7. The number of hydrogen-bond donors (Lipinski definition) is 1. The molecule has 1 unspecified atom stereocenters. The second-order valence-electron chi connectivity index (χ2n) is 4.66. The summed E-state index contributed by atoms with van der Waals surface area (Å²) in [4.78, 5) is 16.1. The van der Waals surface area contributed by atoms with Crippen LogP contribution in [-0.4, -0.2) is 66.9 Å². The zero-order chi connectivity index (χ0) is 11.4. The van der Waals surface area contributed by atoms with Crippen LogP contribution in [0.1, 0.15) is 6.42 Å². The van der Waals surface area contributed by atoms with Crippen molar-refractivity contribution in [3.8, 4) is 0 Å². The van der Waals surface area contributed by atoms with Crippen molar-refractivity contribution >= 4 is 21.8 Å². The van der Waals surface area contributed by atoms with Crippen molar-refractivity contribution in [1.29, 1.82) is 0 Å². The van der Waals surface area contributed by atoms with Gasteiger partial charge in [-0.15, -0.1) is 0 Å². The third kappa shape index (κ3) is 3.18. The largest absolute Gasteiger partial charge is 0.341 e. The number of rotatable bonds is 4. The van der Waals surface area contributed by atoms with Gasteiger partial charge in [0.1, 0.15) is 0 Å². The Morgan fingerprint density at radius 1 is 1.31 bits per heavy atom. The van der Waals surface area contributed by atoms with Crippen molar-refractivity contribution in [3.05, 3.63) is 0 Å². The first-order chi connectivity index (χ1) is 7.79. The fourth-order valence-electron chi connectivity index (χ4n) is 2.37. The molecule has 4 nitrogen and oxygen atoms in total. The van der Waals surface area contributed by atoms with Crippen molar-refractivity contribution in [2.24, 2.45) is 5.92 Å². The molecule has 16 heavy (non-hydrogen) atoms. The van der Waals surface area contributed by atoms with Crippen molar-refractivity contribution in [3.63, 3.8) is 0 Å². The Morgan fingerprint density at radius 2 is 2.06 bits per heavy atom. The molecule has 2 saturated heterocycles. The van der Waals surface area contributed by atoms with E-state index in [0.717, 1.165) is 57.6 Å². The minimum Gasteiger partial charge on any atom is -0.341 e. The summed E-state index contributed by atoms with van der Waals surface area (Å²) in [6, 6.07) is 0. The third-order valence-corrected chi connectivity index (χ3v) is 4.32. The molecule has 2 aliphatic heterocycles. The summed E-state index contributed by atoms with van der Waals surface area (Å²) in [5.74, 6) is 0.857. The normalized spacial score (nSPS) is 27.7. The molecule has 5 heteroatoms. The van der Waals surface area contributed by atoms with Gasteiger partial charge in [-0.2, -0.15) is 0 Å². The van der Waals surface area contributed by atoms with Gasteiger partial charge in [0, 0.05) is 57.6 Å². The predicted octanol–water partition coefficient (Wildman–Crippen LogP) is 0.135. The second kappa shape index (κ2) is 5.98. The first-order valence-electron chi connectivity index (χ1n) is 6.06. The first-order valence-corrected chi connectivity index (χ1v) is 7.18. The van der Waals surface area contributed by atoms with Crippen LogP contribution in [0, 0.1) is 5.92 Å². The van der Waals surface area contributed by atoms with Crippen molar-refractivity contribution < 1.29 is 4.79 Å². The zero-order valence-corrected chi connectivity index (χ0v) is 11.2. The van der Waals surface area contributed by atoms with Crippen LogP contribution in [0.5, 0.6) is 0 Å². The lowest BCUT2D eigenvalue weighted by Gasteiger charge is -2.29. The number of carbonyl (C=O) groups excluding carboxylic acids is 1. The molecule has 0 saturated carbocycles. The average molecular weight is 290 g/mol. The molecule has 0 radical (unpaired) electrons. The Bertz CT molecular complexity index is 243. The second-order valence-corrected chi connectivity index (χ2v) is 5.30. The number of hydrogen-bond acceptors (Lipinski definition) is 3. The van der Waals surface area contributed by atoms with Crippen LogP contribution < -0.4 is 5.32 Å². The molecule has 2 rings (SSSR count). The van der Waals surface area contributed by atoms with Gasteiger partial charge >= 0.3 is 0 Å². The third-order valence-electron chi connectivity index (χ3n) is 3.41. The zero-order valence-electron chi connectivity index (χ0n) is 9.62. The highest BCUT2D eigenvalue weighted by atomic mass is 79.9. The van der Waals surface area contributed by atoms with E-state index in [4.69, 9.17) is 0 Å². The van der Waals surface area contributed by atoms with Crippen LogP contribution in [0.2, 0.25) is 0 Å². The average Bonchev–Trinajstić information content (AvgIpc) is 2.69. The number of halogens is 1. The maximum atomic E-state index is 11.7. The molecule has 0 aromatic heterocycles. The van der Waals surface area contributed by atoms with Crippen molar-refractivity contribution in [2.45, 2.75) is 6.42 Å². The lowest BCUT2D eigenvalue weighted by molar-refractivity contribution is -0.127. The van der Waals surface area contributed by atoms with Gasteiger partial charge in [-0.1, -0.05) is 15.9 Å². The van der Waals surface area contributed by atoms with Crippen LogP contribution in [0.15, 0.2) is 0 Å². The highest BCUT2D eigenvalue weighted by Gasteiger charge is 2.28. The molecule has 1 atom stereocenters. The van der Waals surface area contributed by atoms with Gasteiger partial charge in [0.05, 0.1) is 0 Å². The molecule has 92 valence electrons. The summed E-state index contributed by atoms with van der Waals surface area (Å²) in [6.07, 6.45) is 0.729. The van der Waals surface area contributed by atoms with Gasteiger partial charge in [0.25, 0.3) is 0 Å².